The number of sulfone groups is 1. The predicted octanol–water partition coefficient (Wildman–Crippen LogP) is -0.211. The van der Waals surface area contributed by atoms with Crippen molar-refractivity contribution in [1.29, 1.82) is 0 Å². The molecule has 1 aromatic rings. The van der Waals surface area contributed by atoms with Gasteiger partial charge < -0.3 is 14.9 Å². The summed E-state index contributed by atoms with van der Waals surface area (Å²) in [5.74, 6) is -0.743. The minimum absolute atomic E-state index is 0.00550. The molecular formula is C17H26N4O5S. The van der Waals surface area contributed by atoms with E-state index in [4.69, 9.17) is 9.90 Å². The van der Waals surface area contributed by atoms with Crippen LogP contribution in [0.2, 0.25) is 0 Å². The van der Waals surface area contributed by atoms with Gasteiger partial charge >= 0.3 is 0 Å². The summed E-state index contributed by atoms with van der Waals surface area (Å²) in [6, 6.07) is -0.00676. The molecule has 2 N–H and O–H groups in total. The Bertz CT molecular complexity index is 844. The van der Waals surface area contributed by atoms with Gasteiger partial charge in [0, 0.05) is 43.2 Å². The maximum absolute atomic E-state index is 12.8. The molecule has 4 rings (SSSR count). The van der Waals surface area contributed by atoms with Crippen LogP contribution in [0.25, 0.3) is 0 Å². The molecule has 0 aromatic carbocycles. The molecule has 1 aliphatic carbocycles. The molecular weight excluding hydrogens is 372 g/mol. The van der Waals surface area contributed by atoms with Gasteiger partial charge in [0.2, 0.25) is 0 Å². The van der Waals surface area contributed by atoms with Crippen LogP contribution in [0.4, 0.5) is 0 Å². The van der Waals surface area contributed by atoms with Crippen molar-refractivity contribution in [1.82, 2.24) is 20.0 Å². The highest BCUT2D eigenvalue weighted by molar-refractivity contribution is 7.92. The van der Waals surface area contributed by atoms with E-state index in [2.05, 4.69) is 10.2 Å². The number of nitrogens with zero attached hydrogens (tertiary/aromatic N) is 3. The number of aryl methyl sites for hydroxylation is 1. The Morgan fingerprint density at radius 1 is 1.26 bits per heavy atom. The lowest BCUT2D eigenvalue weighted by Gasteiger charge is -2.24. The lowest BCUT2D eigenvalue weighted by atomic mass is 10.00. The quantitative estimate of drug-likeness (QED) is 0.706. The van der Waals surface area contributed by atoms with Crippen LogP contribution >= 0.6 is 0 Å². The number of likely N-dealkylation sites (tertiary alicyclic amines) is 1. The molecule has 3 heterocycles. The Balaban J connectivity index is 0.000000481. The largest absolute Gasteiger partial charge is 0.481 e. The van der Waals surface area contributed by atoms with Gasteiger partial charge in [0.25, 0.3) is 11.9 Å². The molecule has 3 aliphatic rings. The summed E-state index contributed by atoms with van der Waals surface area (Å²) >= 11 is 0. The summed E-state index contributed by atoms with van der Waals surface area (Å²) in [6.07, 6.45) is 2.87. The molecule has 27 heavy (non-hydrogen) atoms. The van der Waals surface area contributed by atoms with E-state index in [1.165, 1.54) is 0 Å². The number of aliphatic carboxylic acids is 1. The summed E-state index contributed by atoms with van der Waals surface area (Å²) in [7, 11) is 0.692. The number of carboxylic acids is 1. The second kappa shape index (κ2) is 7.23. The molecule has 10 heteroatoms. The summed E-state index contributed by atoms with van der Waals surface area (Å²) in [6.45, 7) is 1.89. The van der Waals surface area contributed by atoms with Crippen molar-refractivity contribution < 1.29 is 23.1 Å². The summed E-state index contributed by atoms with van der Waals surface area (Å²) in [5.41, 5.74) is 2.59. The van der Waals surface area contributed by atoms with E-state index < -0.39 is 21.1 Å². The van der Waals surface area contributed by atoms with Gasteiger partial charge in [-0.1, -0.05) is 0 Å². The van der Waals surface area contributed by atoms with Crippen LogP contribution in [-0.2, 0) is 27.5 Å². The third kappa shape index (κ3) is 3.73. The zero-order valence-electron chi connectivity index (χ0n) is 15.8. The smallest absolute Gasteiger partial charge is 0.300 e. The first-order valence-electron chi connectivity index (χ1n) is 9.04. The highest BCUT2D eigenvalue weighted by Crippen LogP contribution is 2.37. The summed E-state index contributed by atoms with van der Waals surface area (Å²) in [5, 5.41) is 14.1. The molecule has 9 nitrogen and oxygen atoms in total. The molecule has 0 radical (unpaired) electrons. The van der Waals surface area contributed by atoms with Gasteiger partial charge in [0.1, 0.15) is 0 Å². The molecule has 2 saturated heterocycles. The maximum atomic E-state index is 12.8. The first-order chi connectivity index (χ1) is 12.6. The first-order valence-corrected chi connectivity index (χ1v) is 10.8. The number of carboxylic acid groups (broad SMARTS) is 1. The Morgan fingerprint density at radius 3 is 2.56 bits per heavy atom. The Morgan fingerprint density at radius 2 is 1.93 bits per heavy atom. The van der Waals surface area contributed by atoms with E-state index in [0.717, 1.165) is 37.4 Å². The molecule has 0 saturated carbocycles. The summed E-state index contributed by atoms with van der Waals surface area (Å²) in [4.78, 5) is 25.5. The number of aromatic amines is 1. The second-order valence-corrected chi connectivity index (χ2v) is 9.94. The van der Waals surface area contributed by atoms with E-state index in [1.54, 1.807) is 4.90 Å². The van der Waals surface area contributed by atoms with Crippen molar-refractivity contribution in [2.24, 2.45) is 5.92 Å². The zero-order valence-corrected chi connectivity index (χ0v) is 16.6. The number of nitrogens with one attached hydrogen (secondary N) is 1. The first kappa shape index (κ1) is 19.8. The molecule has 1 aromatic heterocycles. The minimum atomic E-state index is -3.13. The normalized spacial score (nSPS) is 27.9. The van der Waals surface area contributed by atoms with Crippen molar-refractivity contribution in [3.05, 3.63) is 17.0 Å². The number of carbonyl (C=O) groups excluding carboxylic acids is 1. The van der Waals surface area contributed by atoms with Crippen LogP contribution in [0.1, 0.15) is 35.1 Å². The zero-order chi connectivity index (χ0) is 19.9. The molecule has 2 aliphatic heterocycles. The number of hydrogen-bond acceptors (Lipinski definition) is 6. The highest BCUT2D eigenvalue weighted by Gasteiger charge is 2.53. The predicted molar refractivity (Wildman–Crippen MR) is 98.4 cm³/mol. The molecule has 2 fully saturated rings. The van der Waals surface area contributed by atoms with Gasteiger partial charge in [-0.25, -0.2) is 8.42 Å². The van der Waals surface area contributed by atoms with Crippen molar-refractivity contribution in [3.8, 4) is 0 Å². The van der Waals surface area contributed by atoms with Gasteiger partial charge in [0.15, 0.2) is 15.5 Å². The number of hydrogen-bond donors (Lipinski definition) is 2. The van der Waals surface area contributed by atoms with E-state index in [1.807, 2.05) is 19.0 Å². The molecule has 0 bridgehead atoms. The lowest BCUT2D eigenvalue weighted by molar-refractivity contribution is -0.134. The van der Waals surface area contributed by atoms with E-state index >= 15 is 0 Å². The fraction of sp³-hybridized carbons (Fsp3) is 0.706. The fourth-order valence-corrected chi connectivity index (χ4v) is 6.85. The maximum Gasteiger partial charge on any atom is 0.300 e. The van der Waals surface area contributed by atoms with Crippen LogP contribution in [0.5, 0.6) is 0 Å². The number of amides is 1. The standard InChI is InChI=1S/C15H22N4O3S.C2H4O2/c1-18(2)12-8-23(21,22)13-7-19(6-10(12)13)15(20)14-9-4-3-5-11(9)16-17-14;1-2(3)4/h10,12-13H,3-8H2,1-2H3,(H,16,17);1H3,(H,3,4)/t10-,12+,13-;/m0./s1. The van der Waals surface area contributed by atoms with E-state index in [0.29, 0.717) is 18.8 Å². The van der Waals surface area contributed by atoms with Crippen LogP contribution in [0.15, 0.2) is 0 Å². The fourth-order valence-electron chi connectivity index (χ4n) is 4.38. The van der Waals surface area contributed by atoms with Crippen molar-refractivity contribution in [3.63, 3.8) is 0 Å². The molecule has 1 amide bonds. The molecule has 0 unspecified atom stereocenters. The van der Waals surface area contributed by atoms with Crippen LogP contribution < -0.4 is 0 Å². The van der Waals surface area contributed by atoms with Crippen molar-refractivity contribution in [2.75, 3.05) is 32.9 Å². The monoisotopic (exact) mass is 398 g/mol. The van der Waals surface area contributed by atoms with Gasteiger partial charge in [-0.3, -0.25) is 14.7 Å². The van der Waals surface area contributed by atoms with Gasteiger partial charge in [-0.15, -0.1) is 0 Å². The highest BCUT2D eigenvalue weighted by atomic mass is 32.2. The van der Waals surface area contributed by atoms with Crippen LogP contribution in [-0.4, -0.2) is 89.6 Å². The Labute approximate surface area is 158 Å². The third-order valence-corrected chi connectivity index (χ3v) is 7.85. The van der Waals surface area contributed by atoms with Gasteiger partial charge in [0.05, 0.1) is 11.0 Å². The number of aromatic nitrogens is 2. The van der Waals surface area contributed by atoms with Crippen molar-refractivity contribution >= 4 is 21.7 Å². The van der Waals surface area contributed by atoms with Crippen LogP contribution in [0.3, 0.4) is 0 Å². The number of fused-ring (bicyclic) bond motifs is 2. The topological polar surface area (TPSA) is 124 Å². The Hall–Kier alpha value is -1.94. The molecule has 0 spiro atoms. The van der Waals surface area contributed by atoms with Crippen molar-refractivity contribution in [2.45, 2.75) is 37.5 Å². The molecule has 150 valence electrons. The lowest BCUT2D eigenvalue weighted by Crippen LogP contribution is -2.38. The number of H-pyrrole nitrogens is 1. The van der Waals surface area contributed by atoms with Crippen LogP contribution in [0, 0.1) is 5.92 Å². The van der Waals surface area contributed by atoms with Gasteiger partial charge in [-0.2, -0.15) is 5.10 Å². The third-order valence-electron chi connectivity index (χ3n) is 5.63. The summed E-state index contributed by atoms with van der Waals surface area (Å²) < 4.78 is 24.8. The molecule has 3 atom stereocenters. The SMILES string of the molecule is CC(=O)O.CN(C)[C@@H]1CS(=O)(=O)[C@H]2CN(C(=O)c3n[nH]c4c3CCC4)C[C@@H]12. The average molecular weight is 398 g/mol. The number of carbonyl (C=O) groups is 2. The second-order valence-electron chi connectivity index (χ2n) is 7.67. The minimum Gasteiger partial charge on any atom is -0.481 e. The van der Waals surface area contributed by atoms with E-state index in [9.17, 15) is 13.2 Å². The Kier molecular flexibility index (Phi) is 5.31. The van der Waals surface area contributed by atoms with Gasteiger partial charge in [-0.05, 0) is 33.4 Å². The number of rotatable bonds is 2. The average Bonchev–Trinajstić information content (AvgIpc) is 3.27. The van der Waals surface area contributed by atoms with E-state index in [-0.39, 0.29) is 23.6 Å².